The SMILES string of the molecule is O=C(Nc1ccc(-n2nc(C(F)(F)F)cc2C(F)(F)F)cc1)c1cncc(Br)c1. The molecule has 1 aromatic carbocycles. The molecule has 0 fully saturated rings. The summed E-state index contributed by atoms with van der Waals surface area (Å²) in [5.41, 5.74) is -3.04. The Morgan fingerprint density at radius 3 is 2.17 bits per heavy atom. The van der Waals surface area contributed by atoms with E-state index in [-0.39, 0.29) is 27.7 Å². The maximum Gasteiger partial charge on any atom is 0.435 e. The van der Waals surface area contributed by atoms with Crippen LogP contribution in [0.3, 0.4) is 0 Å². The van der Waals surface area contributed by atoms with E-state index >= 15 is 0 Å². The first-order valence-corrected chi connectivity index (χ1v) is 8.51. The third-order valence-corrected chi connectivity index (χ3v) is 4.06. The highest BCUT2D eigenvalue weighted by Gasteiger charge is 2.42. The molecule has 5 nitrogen and oxygen atoms in total. The monoisotopic (exact) mass is 478 g/mol. The van der Waals surface area contributed by atoms with E-state index in [1.54, 1.807) is 0 Å². The van der Waals surface area contributed by atoms with E-state index in [0.29, 0.717) is 4.47 Å². The molecule has 0 aliphatic heterocycles. The Morgan fingerprint density at radius 2 is 1.62 bits per heavy atom. The number of rotatable bonds is 3. The lowest BCUT2D eigenvalue weighted by atomic mass is 10.2. The van der Waals surface area contributed by atoms with Gasteiger partial charge in [-0.05, 0) is 46.3 Å². The van der Waals surface area contributed by atoms with E-state index in [2.05, 4.69) is 31.3 Å². The van der Waals surface area contributed by atoms with Crippen LogP contribution < -0.4 is 5.32 Å². The highest BCUT2D eigenvalue weighted by atomic mass is 79.9. The number of benzene rings is 1. The van der Waals surface area contributed by atoms with Gasteiger partial charge in [-0.2, -0.15) is 31.4 Å². The topological polar surface area (TPSA) is 59.8 Å². The van der Waals surface area contributed by atoms with Gasteiger partial charge in [0.2, 0.25) is 0 Å². The van der Waals surface area contributed by atoms with Crippen molar-refractivity contribution in [2.75, 3.05) is 5.32 Å². The smallest absolute Gasteiger partial charge is 0.322 e. The number of hydrogen-bond donors (Lipinski definition) is 1. The quantitative estimate of drug-likeness (QED) is 0.518. The van der Waals surface area contributed by atoms with Gasteiger partial charge in [0.25, 0.3) is 5.91 Å². The lowest BCUT2D eigenvalue weighted by molar-refractivity contribution is -0.143. The Labute approximate surface area is 167 Å². The predicted molar refractivity (Wildman–Crippen MR) is 93.5 cm³/mol. The molecular formula is C17H9BrF6N4O. The van der Waals surface area contributed by atoms with Crippen LogP contribution in [0.5, 0.6) is 0 Å². The van der Waals surface area contributed by atoms with Crippen molar-refractivity contribution < 1.29 is 31.1 Å². The molecule has 0 unspecified atom stereocenters. The second-order valence-corrected chi connectivity index (χ2v) is 6.63. The number of pyridine rings is 1. The molecule has 152 valence electrons. The zero-order valence-electron chi connectivity index (χ0n) is 14.0. The van der Waals surface area contributed by atoms with Gasteiger partial charge in [-0.3, -0.25) is 9.78 Å². The first kappa shape index (κ1) is 20.8. The maximum atomic E-state index is 13.1. The number of hydrogen-bond acceptors (Lipinski definition) is 3. The molecule has 0 atom stereocenters. The van der Waals surface area contributed by atoms with Crippen LogP contribution in [0.15, 0.2) is 53.3 Å². The van der Waals surface area contributed by atoms with Gasteiger partial charge >= 0.3 is 12.4 Å². The van der Waals surface area contributed by atoms with E-state index in [9.17, 15) is 31.1 Å². The van der Waals surface area contributed by atoms with Crippen LogP contribution in [0.1, 0.15) is 21.7 Å². The molecule has 29 heavy (non-hydrogen) atoms. The molecule has 3 aromatic rings. The predicted octanol–water partition coefficient (Wildman–Crippen LogP) is 5.32. The number of carbonyl (C=O) groups is 1. The first-order valence-electron chi connectivity index (χ1n) is 7.72. The Hall–Kier alpha value is -2.89. The molecule has 0 spiro atoms. The van der Waals surface area contributed by atoms with Crippen LogP contribution in [0.25, 0.3) is 5.69 Å². The van der Waals surface area contributed by atoms with Crippen LogP contribution in [-0.2, 0) is 12.4 Å². The van der Waals surface area contributed by atoms with Gasteiger partial charge in [-0.15, -0.1) is 0 Å². The minimum absolute atomic E-state index is 0.0596. The normalized spacial score (nSPS) is 12.1. The molecule has 0 saturated carbocycles. The standard InChI is InChI=1S/C17H9BrF6N4O/c18-10-5-9(7-25-8-10)15(29)26-11-1-3-12(4-2-11)28-14(17(22,23)24)6-13(27-28)16(19,20)21/h1-8H,(H,26,29). The number of nitrogens with zero attached hydrogens (tertiary/aromatic N) is 3. The van der Waals surface area contributed by atoms with Gasteiger partial charge in [-0.1, -0.05) is 0 Å². The third-order valence-electron chi connectivity index (χ3n) is 3.63. The number of amides is 1. The van der Waals surface area contributed by atoms with Crippen molar-refractivity contribution in [2.45, 2.75) is 12.4 Å². The Morgan fingerprint density at radius 1 is 0.966 bits per heavy atom. The average Bonchev–Trinajstić information content (AvgIpc) is 3.08. The van der Waals surface area contributed by atoms with Crippen LogP contribution in [0, 0.1) is 0 Å². The summed E-state index contributed by atoms with van der Waals surface area (Å²) in [4.78, 5) is 16.0. The molecular weight excluding hydrogens is 470 g/mol. The second-order valence-electron chi connectivity index (χ2n) is 5.71. The van der Waals surface area contributed by atoms with E-state index in [1.165, 1.54) is 30.6 Å². The van der Waals surface area contributed by atoms with Crippen molar-refractivity contribution >= 4 is 27.5 Å². The third kappa shape index (κ3) is 4.75. The van der Waals surface area contributed by atoms with Crippen molar-refractivity contribution in [3.8, 4) is 5.69 Å². The fourth-order valence-electron chi connectivity index (χ4n) is 2.34. The molecule has 0 saturated heterocycles. The zero-order valence-corrected chi connectivity index (χ0v) is 15.6. The minimum Gasteiger partial charge on any atom is -0.322 e. The minimum atomic E-state index is -5.04. The van der Waals surface area contributed by atoms with Crippen molar-refractivity contribution in [1.82, 2.24) is 14.8 Å². The molecule has 0 aliphatic carbocycles. The van der Waals surface area contributed by atoms with Gasteiger partial charge in [0.1, 0.15) is 5.69 Å². The Bertz CT molecular complexity index is 1040. The highest BCUT2D eigenvalue weighted by molar-refractivity contribution is 9.10. The average molecular weight is 479 g/mol. The van der Waals surface area contributed by atoms with E-state index in [0.717, 1.165) is 12.1 Å². The van der Waals surface area contributed by atoms with Crippen molar-refractivity contribution in [3.05, 3.63) is 70.2 Å². The summed E-state index contributed by atoms with van der Waals surface area (Å²) in [6.07, 6.45) is -7.29. The van der Waals surface area contributed by atoms with E-state index in [1.807, 2.05) is 0 Å². The molecule has 12 heteroatoms. The van der Waals surface area contributed by atoms with Gasteiger partial charge in [0.15, 0.2) is 5.69 Å². The number of alkyl halides is 6. The number of nitrogens with one attached hydrogen (secondary N) is 1. The Kier molecular flexibility index (Phi) is 5.39. The summed E-state index contributed by atoms with van der Waals surface area (Å²) < 4.78 is 78.4. The summed E-state index contributed by atoms with van der Waals surface area (Å²) in [5.74, 6) is -0.527. The van der Waals surface area contributed by atoms with Crippen LogP contribution in [-0.4, -0.2) is 20.7 Å². The maximum absolute atomic E-state index is 13.1. The molecule has 0 bridgehead atoms. The van der Waals surface area contributed by atoms with Crippen LogP contribution in [0.2, 0.25) is 0 Å². The second kappa shape index (κ2) is 7.50. The molecule has 2 aromatic heterocycles. The van der Waals surface area contributed by atoms with Crippen LogP contribution >= 0.6 is 15.9 Å². The van der Waals surface area contributed by atoms with Gasteiger partial charge in [-0.25, -0.2) is 4.68 Å². The lowest BCUT2D eigenvalue weighted by Crippen LogP contribution is -2.14. The lowest BCUT2D eigenvalue weighted by Gasteiger charge is -2.11. The number of aromatic nitrogens is 3. The van der Waals surface area contributed by atoms with Gasteiger partial charge in [0, 0.05) is 28.6 Å². The van der Waals surface area contributed by atoms with Crippen molar-refractivity contribution in [1.29, 1.82) is 0 Å². The van der Waals surface area contributed by atoms with Crippen molar-refractivity contribution in [2.24, 2.45) is 0 Å². The molecule has 0 radical (unpaired) electrons. The molecule has 2 heterocycles. The molecule has 0 aliphatic rings. The van der Waals surface area contributed by atoms with Crippen molar-refractivity contribution in [3.63, 3.8) is 0 Å². The van der Waals surface area contributed by atoms with E-state index < -0.39 is 29.6 Å². The highest BCUT2D eigenvalue weighted by Crippen LogP contribution is 2.36. The Balaban J connectivity index is 1.89. The van der Waals surface area contributed by atoms with Crippen LogP contribution in [0.4, 0.5) is 32.0 Å². The summed E-state index contributed by atoms with van der Waals surface area (Å²) in [6.45, 7) is 0. The zero-order chi connectivity index (χ0) is 21.4. The number of anilines is 1. The van der Waals surface area contributed by atoms with E-state index in [4.69, 9.17) is 0 Å². The summed E-state index contributed by atoms with van der Waals surface area (Å²) >= 11 is 3.17. The molecule has 1 amide bonds. The number of carbonyl (C=O) groups excluding carboxylic acids is 1. The largest absolute Gasteiger partial charge is 0.435 e. The fraction of sp³-hybridized carbons (Fsp3) is 0.118. The summed E-state index contributed by atoms with van der Waals surface area (Å²) in [5, 5.41) is 5.54. The summed E-state index contributed by atoms with van der Waals surface area (Å²) in [6, 6.07) is 6.15. The fourth-order valence-corrected chi connectivity index (χ4v) is 2.71. The number of halogens is 7. The summed E-state index contributed by atoms with van der Waals surface area (Å²) in [7, 11) is 0. The van der Waals surface area contributed by atoms with Gasteiger partial charge < -0.3 is 5.32 Å². The molecule has 3 rings (SSSR count). The van der Waals surface area contributed by atoms with Gasteiger partial charge in [0.05, 0.1) is 11.3 Å². The molecule has 1 N–H and O–H groups in total. The first-order chi connectivity index (χ1) is 13.4.